The lowest BCUT2D eigenvalue weighted by Crippen LogP contribution is -2.28. The molecule has 1 rings (SSSR count). The van der Waals surface area contributed by atoms with Crippen LogP contribution in [0.1, 0.15) is 18.4 Å². The molecule has 0 saturated heterocycles. The van der Waals surface area contributed by atoms with Crippen LogP contribution in [0.25, 0.3) is 0 Å². The van der Waals surface area contributed by atoms with Crippen molar-refractivity contribution in [3.05, 3.63) is 28.8 Å². The van der Waals surface area contributed by atoms with Crippen LogP contribution >= 0.6 is 23.4 Å². The normalized spacial score (nSPS) is 12.5. The Bertz CT molecular complexity index is 344. The van der Waals surface area contributed by atoms with Crippen molar-refractivity contribution >= 4 is 29.1 Å². The highest BCUT2D eigenvalue weighted by Gasteiger charge is 2.06. The van der Waals surface area contributed by atoms with Crippen molar-refractivity contribution in [2.24, 2.45) is 5.73 Å². The Hall–Kier alpha value is -0.380. The molecule has 3 N–H and O–H groups in total. The molecule has 2 nitrogen and oxygen atoms in total. The number of benzene rings is 1. The molecule has 0 amide bonds. The van der Waals surface area contributed by atoms with Crippen molar-refractivity contribution in [2.45, 2.75) is 25.8 Å². The molecule has 1 unspecified atom stereocenters. The van der Waals surface area contributed by atoms with E-state index in [1.54, 1.807) is 0 Å². The standard InChI is InChI=1S/C13H21ClN2S/c1-10-5-6-11(8-13(10)14)16-12(9-15)4-3-7-17-2/h5-6,8,12,16H,3-4,7,9,15H2,1-2H3. The number of hydrogen-bond donors (Lipinski definition) is 2. The largest absolute Gasteiger partial charge is 0.381 e. The van der Waals surface area contributed by atoms with E-state index in [1.807, 2.05) is 30.8 Å². The molecule has 17 heavy (non-hydrogen) atoms. The van der Waals surface area contributed by atoms with Crippen molar-refractivity contribution in [1.82, 2.24) is 0 Å². The molecule has 0 heterocycles. The molecule has 0 aliphatic heterocycles. The number of aryl methyl sites for hydroxylation is 1. The second-order valence-electron chi connectivity index (χ2n) is 4.18. The van der Waals surface area contributed by atoms with Gasteiger partial charge in [0.25, 0.3) is 0 Å². The van der Waals surface area contributed by atoms with Gasteiger partial charge in [-0.15, -0.1) is 0 Å². The average Bonchev–Trinajstić information content (AvgIpc) is 2.32. The van der Waals surface area contributed by atoms with Gasteiger partial charge in [-0.05, 0) is 49.5 Å². The lowest BCUT2D eigenvalue weighted by molar-refractivity contribution is 0.652. The van der Waals surface area contributed by atoms with Crippen LogP contribution in [0.2, 0.25) is 5.02 Å². The van der Waals surface area contributed by atoms with Gasteiger partial charge < -0.3 is 11.1 Å². The molecule has 0 saturated carbocycles. The van der Waals surface area contributed by atoms with Crippen LogP contribution in [0, 0.1) is 6.92 Å². The van der Waals surface area contributed by atoms with E-state index in [-0.39, 0.29) is 0 Å². The molecule has 4 heteroatoms. The minimum atomic E-state index is 0.334. The molecule has 0 bridgehead atoms. The molecule has 1 aromatic carbocycles. The van der Waals surface area contributed by atoms with Gasteiger partial charge >= 0.3 is 0 Å². The first-order valence-electron chi connectivity index (χ1n) is 5.89. The lowest BCUT2D eigenvalue weighted by atomic mass is 10.1. The summed E-state index contributed by atoms with van der Waals surface area (Å²) < 4.78 is 0. The number of rotatable bonds is 7. The maximum atomic E-state index is 6.09. The van der Waals surface area contributed by atoms with Crippen molar-refractivity contribution < 1.29 is 0 Å². The summed E-state index contributed by atoms with van der Waals surface area (Å²) in [4.78, 5) is 0. The Morgan fingerprint density at radius 3 is 2.82 bits per heavy atom. The molecule has 1 atom stereocenters. The average molecular weight is 273 g/mol. The van der Waals surface area contributed by atoms with E-state index < -0.39 is 0 Å². The minimum absolute atomic E-state index is 0.334. The summed E-state index contributed by atoms with van der Waals surface area (Å²) in [5.41, 5.74) is 7.93. The molecule has 0 aromatic heterocycles. The van der Waals surface area contributed by atoms with Crippen molar-refractivity contribution in [1.29, 1.82) is 0 Å². The first-order chi connectivity index (χ1) is 8.17. The van der Waals surface area contributed by atoms with E-state index in [9.17, 15) is 0 Å². The van der Waals surface area contributed by atoms with Crippen LogP contribution in [0.15, 0.2) is 18.2 Å². The zero-order valence-corrected chi connectivity index (χ0v) is 12.1. The van der Waals surface area contributed by atoms with E-state index in [0.29, 0.717) is 12.6 Å². The van der Waals surface area contributed by atoms with Gasteiger partial charge in [0.15, 0.2) is 0 Å². The minimum Gasteiger partial charge on any atom is -0.381 e. The fourth-order valence-corrected chi connectivity index (χ4v) is 2.28. The summed E-state index contributed by atoms with van der Waals surface area (Å²) >= 11 is 7.97. The second-order valence-corrected chi connectivity index (χ2v) is 5.57. The maximum Gasteiger partial charge on any atom is 0.0455 e. The molecule has 0 radical (unpaired) electrons. The van der Waals surface area contributed by atoms with Crippen LogP contribution in [-0.4, -0.2) is 24.6 Å². The van der Waals surface area contributed by atoms with Gasteiger partial charge in [-0.1, -0.05) is 17.7 Å². The van der Waals surface area contributed by atoms with Crippen molar-refractivity contribution in [3.8, 4) is 0 Å². The molecular weight excluding hydrogens is 252 g/mol. The Labute approximate surface area is 113 Å². The first kappa shape index (κ1) is 14.7. The maximum absolute atomic E-state index is 6.09. The summed E-state index contributed by atoms with van der Waals surface area (Å²) in [7, 11) is 0. The van der Waals surface area contributed by atoms with Gasteiger partial charge in [-0.25, -0.2) is 0 Å². The highest BCUT2D eigenvalue weighted by atomic mass is 35.5. The van der Waals surface area contributed by atoms with E-state index >= 15 is 0 Å². The third-order valence-electron chi connectivity index (χ3n) is 2.73. The number of thioether (sulfide) groups is 1. The summed E-state index contributed by atoms with van der Waals surface area (Å²) in [5.74, 6) is 1.19. The van der Waals surface area contributed by atoms with Crippen LogP contribution in [0.3, 0.4) is 0 Å². The summed E-state index contributed by atoms with van der Waals surface area (Å²) in [5, 5.41) is 4.24. The van der Waals surface area contributed by atoms with Gasteiger partial charge in [0.1, 0.15) is 0 Å². The molecule has 0 fully saturated rings. The van der Waals surface area contributed by atoms with E-state index in [4.69, 9.17) is 17.3 Å². The third-order valence-corrected chi connectivity index (χ3v) is 3.83. The number of anilines is 1. The van der Waals surface area contributed by atoms with Crippen LogP contribution < -0.4 is 11.1 Å². The van der Waals surface area contributed by atoms with Gasteiger partial charge in [-0.3, -0.25) is 0 Å². The lowest BCUT2D eigenvalue weighted by Gasteiger charge is -2.18. The van der Waals surface area contributed by atoms with Crippen LogP contribution in [0.5, 0.6) is 0 Å². The SMILES string of the molecule is CSCCCC(CN)Nc1ccc(C)c(Cl)c1. The van der Waals surface area contributed by atoms with Gasteiger partial charge in [0.2, 0.25) is 0 Å². The second kappa shape index (κ2) is 7.85. The predicted octanol–water partition coefficient (Wildman–Crippen LogP) is 3.53. The predicted molar refractivity (Wildman–Crippen MR) is 80.3 cm³/mol. The Morgan fingerprint density at radius 1 is 1.47 bits per heavy atom. The number of halogens is 1. The van der Waals surface area contributed by atoms with Gasteiger partial charge in [0, 0.05) is 23.3 Å². The number of hydrogen-bond acceptors (Lipinski definition) is 3. The van der Waals surface area contributed by atoms with Crippen molar-refractivity contribution in [2.75, 3.05) is 23.9 Å². The van der Waals surface area contributed by atoms with Crippen LogP contribution in [0.4, 0.5) is 5.69 Å². The molecule has 0 spiro atoms. The van der Waals surface area contributed by atoms with Gasteiger partial charge in [-0.2, -0.15) is 11.8 Å². The number of nitrogens with two attached hydrogens (primary N) is 1. The topological polar surface area (TPSA) is 38.0 Å². The quantitative estimate of drug-likeness (QED) is 0.746. The fourth-order valence-electron chi connectivity index (χ4n) is 1.64. The molecule has 96 valence electrons. The molecule has 1 aromatic rings. The molecular formula is C13H21ClN2S. The fraction of sp³-hybridized carbons (Fsp3) is 0.538. The zero-order valence-electron chi connectivity index (χ0n) is 10.5. The van der Waals surface area contributed by atoms with E-state index in [1.165, 1.54) is 12.2 Å². The zero-order chi connectivity index (χ0) is 12.7. The van der Waals surface area contributed by atoms with Crippen molar-refractivity contribution in [3.63, 3.8) is 0 Å². The molecule has 0 aliphatic rings. The monoisotopic (exact) mass is 272 g/mol. The third kappa shape index (κ3) is 5.19. The Kier molecular flexibility index (Phi) is 6.78. The van der Waals surface area contributed by atoms with Crippen LogP contribution in [-0.2, 0) is 0 Å². The molecule has 0 aliphatic carbocycles. The Balaban J connectivity index is 2.51. The summed E-state index contributed by atoms with van der Waals surface area (Å²) in [6.45, 7) is 2.66. The Morgan fingerprint density at radius 2 is 2.24 bits per heavy atom. The summed E-state index contributed by atoms with van der Waals surface area (Å²) in [6.07, 6.45) is 4.42. The van der Waals surface area contributed by atoms with Gasteiger partial charge in [0.05, 0.1) is 0 Å². The summed E-state index contributed by atoms with van der Waals surface area (Å²) in [6, 6.07) is 6.38. The highest BCUT2D eigenvalue weighted by Crippen LogP contribution is 2.21. The highest BCUT2D eigenvalue weighted by molar-refractivity contribution is 7.98. The smallest absolute Gasteiger partial charge is 0.0455 e. The van der Waals surface area contributed by atoms with E-state index in [2.05, 4.69) is 17.6 Å². The first-order valence-corrected chi connectivity index (χ1v) is 7.66. The van der Waals surface area contributed by atoms with E-state index in [0.717, 1.165) is 22.7 Å². The number of nitrogens with one attached hydrogen (secondary N) is 1.